The second kappa shape index (κ2) is 7.21. The van der Waals surface area contributed by atoms with Crippen molar-refractivity contribution < 1.29 is 0 Å². The molecule has 0 amide bonds. The lowest BCUT2D eigenvalue weighted by atomic mass is 10.1. The van der Waals surface area contributed by atoms with Gasteiger partial charge in [0.15, 0.2) is 5.96 Å². The van der Waals surface area contributed by atoms with Crippen LogP contribution in [0.2, 0.25) is 0 Å². The van der Waals surface area contributed by atoms with Crippen LogP contribution in [0.4, 0.5) is 0 Å². The fraction of sp³-hybridized carbons (Fsp3) is 0.588. The van der Waals surface area contributed by atoms with Gasteiger partial charge in [-0.2, -0.15) is 11.8 Å². The van der Waals surface area contributed by atoms with Crippen LogP contribution in [0, 0.1) is 0 Å². The Morgan fingerprint density at radius 3 is 2.71 bits per heavy atom. The fourth-order valence-electron chi connectivity index (χ4n) is 2.51. The van der Waals surface area contributed by atoms with Crippen LogP contribution in [0.1, 0.15) is 37.0 Å². The molecule has 0 aliphatic heterocycles. The first-order valence-electron chi connectivity index (χ1n) is 7.64. The van der Waals surface area contributed by atoms with E-state index in [-0.39, 0.29) is 4.75 Å². The third-order valence-corrected chi connectivity index (χ3v) is 5.33. The van der Waals surface area contributed by atoms with Crippen molar-refractivity contribution in [1.29, 1.82) is 0 Å². The van der Waals surface area contributed by atoms with Gasteiger partial charge in [0.05, 0.1) is 0 Å². The van der Waals surface area contributed by atoms with Gasteiger partial charge < -0.3 is 10.6 Å². The Labute approximate surface area is 133 Å². The molecule has 0 fully saturated rings. The Bertz CT molecular complexity index is 509. The van der Waals surface area contributed by atoms with Crippen molar-refractivity contribution in [2.45, 2.75) is 44.4 Å². The zero-order chi connectivity index (χ0) is 15.3. The lowest BCUT2D eigenvalue weighted by molar-refractivity contribution is 0.664. The van der Waals surface area contributed by atoms with E-state index < -0.39 is 0 Å². The summed E-state index contributed by atoms with van der Waals surface area (Å²) in [5.41, 5.74) is 4.39. The molecule has 0 saturated heterocycles. The van der Waals surface area contributed by atoms with Gasteiger partial charge in [0, 0.05) is 24.9 Å². The van der Waals surface area contributed by atoms with Gasteiger partial charge in [-0.15, -0.1) is 0 Å². The Balaban J connectivity index is 1.86. The highest BCUT2D eigenvalue weighted by atomic mass is 32.2. The van der Waals surface area contributed by atoms with Crippen molar-refractivity contribution in [2.75, 3.05) is 19.8 Å². The number of hydrogen-bond acceptors (Lipinski definition) is 2. The van der Waals surface area contributed by atoms with Crippen molar-refractivity contribution >= 4 is 17.7 Å². The summed E-state index contributed by atoms with van der Waals surface area (Å²) in [7, 11) is 1.82. The minimum atomic E-state index is 0.213. The zero-order valence-electron chi connectivity index (χ0n) is 13.6. The molecule has 0 saturated carbocycles. The van der Waals surface area contributed by atoms with E-state index in [2.05, 4.69) is 53.9 Å². The quantitative estimate of drug-likeness (QED) is 0.648. The Morgan fingerprint density at radius 2 is 2.00 bits per heavy atom. The molecular weight excluding hydrogens is 278 g/mol. The van der Waals surface area contributed by atoms with Crippen LogP contribution in [0.5, 0.6) is 0 Å². The number of nitrogens with one attached hydrogen (secondary N) is 2. The molecule has 0 heterocycles. The van der Waals surface area contributed by atoms with Crippen LogP contribution >= 0.6 is 11.8 Å². The normalized spacial score (nSPS) is 15.0. The molecule has 2 rings (SSSR count). The van der Waals surface area contributed by atoms with E-state index in [0.29, 0.717) is 0 Å². The Morgan fingerprint density at radius 1 is 1.24 bits per heavy atom. The molecule has 0 bridgehead atoms. The first-order valence-corrected chi connectivity index (χ1v) is 8.87. The summed E-state index contributed by atoms with van der Waals surface area (Å²) in [5, 5.41) is 6.80. The van der Waals surface area contributed by atoms with E-state index in [0.717, 1.165) is 19.0 Å². The Hall–Kier alpha value is -1.16. The summed E-state index contributed by atoms with van der Waals surface area (Å²) in [4.78, 5) is 4.30. The summed E-state index contributed by atoms with van der Waals surface area (Å²) < 4.78 is 0.213. The fourth-order valence-corrected chi connectivity index (χ4v) is 2.73. The molecule has 2 N–H and O–H groups in total. The molecule has 0 atom stereocenters. The van der Waals surface area contributed by atoms with Crippen molar-refractivity contribution in [3.8, 4) is 0 Å². The molecule has 3 nitrogen and oxygen atoms in total. The van der Waals surface area contributed by atoms with Gasteiger partial charge in [0.2, 0.25) is 0 Å². The molecule has 1 aromatic rings. The molecule has 21 heavy (non-hydrogen) atoms. The van der Waals surface area contributed by atoms with E-state index in [1.165, 1.54) is 36.0 Å². The molecule has 0 spiro atoms. The molecule has 0 radical (unpaired) electrons. The number of rotatable bonds is 5. The third-order valence-electron chi connectivity index (χ3n) is 4.08. The molecule has 116 valence electrons. The van der Waals surface area contributed by atoms with E-state index >= 15 is 0 Å². The number of benzene rings is 1. The average molecular weight is 305 g/mol. The summed E-state index contributed by atoms with van der Waals surface area (Å²) in [6.07, 6.45) is 5.93. The van der Waals surface area contributed by atoms with E-state index in [4.69, 9.17) is 0 Å². The van der Waals surface area contributed by atoms with Crippen LogP contribution in [0.3, 0.4) is 0 Å². The van der Waals surface area contributed by atoms with E-state index in [1.54, 1.807) is 0 Å². The van der Waals surface area contributed by atoms with Gasteiger partial charge in [-0.05, 0) is 56.1 Å². The number of fused-ring (bicyclic) bond motifs is 1. The van der Waals surface area contributed by atoms with E-state index in [9.17, 15) is 0 Å². The number of thioether (sulfide) groups is 1. The predicted octanol–water partition coefficient (Wildman–Crippen LogP) is 2.98. The molecule has 1 aromatic carbocycles. The van der Waals surface area contributed by atoms with Gasteiger partial charge in [-0.3, -0.25) is 4.99 Å². The van der Waals surface area contributed by atoms with Crippen LogP contribution in [0.25, 0.3) is 0 Å². The maximum atomic E-state index is 4.30. The standard InChI is InChI=1S/C17H27N3S/c1-17(2,21-4)12-20-16(18-3)19-11-13-8-9-14-6-5-7-15(14)10-13/h8-10H,5-7,11-12H2,1-4H3,(H2,18,19,20). The molecule has 4 heteroatoms. The van der Waals surface area contributed by atoms with Gasteiger partial charge >= 0.3 is 0 Å². The van der Waals surface area contributed by atoms with Crippen LogP contribution < -0.4 is 10.6 Å². The number of guanidine groups is 1. The van der Waals surface area contributed by atoms with Crippen molar-refractivity contribution in [3.05, 3.63) is 34.9 Å². The highest BCUT2D eigenvalue weighted by molar-refractivity contribution is 7.99. The highest BCUT2D eigenvalue weighted by Gasteiger charge is 2.16. The van der Waals surface area contributed by atoms with Crippen molar-refractivity contribution in [2.24, 2.45) is 4.99 Å². The van der Waals surface area contributed by atoms with Gasteiger partial charge in [0.25, 0.3) is 0 Å². The van der Waals surface area contributed by atoms with Crippen molar-refractivity contribution in [1.82, 2.24) is 10.6 Å². The maximum absolute atomic E-state index is 4.30. The molecular formula is C17H27N3S. The lowest BCUT2D eigenvalue weighted by Crippen LogP contribution is -2.43. The number of aryl methyl sites for hydroxylation is 2. The first kappa shape index (κ1) is 16.2. The number of nitrogens with zero attached hydrogens (tertiary/aromatic N) is 1. The predicted molar refractivity (Wildman–Crippen MR) is 94.3 cm³/mol. The SMILES string of the molecule is CN=C(NCc1ccc2c(c1)CCC2)NCC(C)(C)SC. The second-order valence-corrected chi connectivity index (χ2v) is 7.71. The third kappa shape index (κ3) is 4.67. The number of aliphatic imine (C=N–C) groups is 1. The van der Waals surface area contributed by atoms with Crippen LogP contribution in [-0.2, 0) is 19.4 Å². The minimum Gasteiger partial charge on any atom is -0.355 e. The summed E-state index contributed by atoms with van der Waals surface area (Å²) >= 11 is 1.86. The zero-order valence-corrected chi connectivity index (χ0v) is 14.4. The second-order valence-electron chi connectivity index (χ2n) is 6.20. The van der Waals surface area contributed by atoms with Gasteiger partial charge in [-0.25, -0.2) is 0 Å². The van der Waals surface area contributed by atoms with Crippen LogP contribution in [0.15, 0.2) is 23.2 Å². The van der Waals surface area contributed by atoms with Crippen molar-refractivity contribution in [3.63, 3.8) is 0 Å². The van der Waals surface area contributed by atoms with E-state index in [1.807, 2.05) is 18.8 Å². The smallest absolute Gasteiger partial charge is 0.191 e. The molecule has 0 unspecified atom stereocenters. The molecule has 1 aliphatic rings. The number of hydrogen-bond donors (Lipinski definition) is 2. The summed E-state index contributed by atoms with van der Waals surface area (Å²) in [6.45, 7) is 6.20. The first-order chi connectivity index (χ1) is 10.0. The lowest BCUT2D eigenvalue weighted by Gasteiger charge is -2.23. The summed E-state index contributed by atoms with van der Waals surface area (Å²) in [6, 6.07) is 6.86. The molecule has 0 aromatic heterocycles. The monoisotopic (exact) mass is 305 g/mol. The highest BCUT2D eigenvalue weighted by Crippen LogP contribution is 2.22. The largest absolute Gasteiger partial charge is 0.355 e. The Kier molecular flexibility index (Phi) is 5.57. The topological polar surface area (TPSA) is 36.4 Å². The molecule has 1 aliphatic carbocycles. The van der Waals surface area contributed by atoms with Gasteiger partial charge in [0.1, 0.15) is 0 Å². The maximum Gasteiger partial charge on any atom is 0.191 e. The van der Waals surface area contributed by atoms with Crippen LogP contribution in [-0.4, -0.2) is 30.6 Å². The minimum absolute atomic E-state index is 0.213. The van der Waals surface area contributed by atoms with Gasteiger partial charge in [-0.1, -0.05) is 18.2 Å². The average Bonchev–Trinajstić information content (AvgIpc) is 2.95. The summed E-state index contributed by atoms with van der Waals surface area (Å²) in [5.74, 6) is 0.873.